The predicted molar refractivity (Wildman–Crippen MR) is 46.2 cm³/mol. The molecule has 2 heteroatoms. The fourth-order valence-electron chi connectivity index (χ4n) is 1.40. The van der Waals surface area contributed by atoms with Crippen LogP contribution in [-0.4, -0.2) is 36.0 Å². The third kappa shape index (κ3) is 2.11. The Bertz CT molecular complexity index is 110. The van der Waals surface area contributed by atoms with E-state index >= 15 is 0 Å². The van der Waals surface area contributed by atoms with E-state index in [1.54, 1.807) is 0 Å². The zero-order valence-electron chi connectivity index (χ0n) is 6.26. The van der Waals surface area contributed by atoms with E-state index in [0.717, 1.165) is 5.92 Å². The van der Waals surface area contributed by atoms with Gasteiger partial charge in [0.25, 0.3) is 0 Å². The molecule has 9 heavy (non-hydrogen) atoms. The molecule has 1 saturated heterocycles. The second-order valence-electron chi connectivity index (χ2n) is 3.05. The summed E-state index contributed by atoms with van der Waals surface area (Å²) in [4.78, 5) is 2.38. The zero-order valence-corrected chi connectivity index (χ0v) is 7.08. The third-order valence-corrected chi connectivity index (χ3v) is 3.39. The molecule has 1 aliphatic rings. The number of rotatable bonds is 0. The third-order valence-electron chi connectivity index (χ3n) is 1.55. The van der Waals surface area contributed by atoms with Gasteiger partial charge in [0.05, 0.1) is 0 Å². The molecule has 2 unspecified atom stereocenters. The average Bonchev–Trinajstić information content (AvgIpc) is 1.59. The van der Waals surface area contributed by atoms with Crippen LogP contribution in [0.5, 0.6) is 0 Å². The molecule has 1 heterocycles. The van der Waals surface area contributed by atoms with Gasteiger partial charge in [0.2, 0.25) is 0 Å². The standard InChI is InChI=1S/C7H15NS/c1-7-4-8(2)6-9(3)5-7/h7H,3-6H2,1-2H3. The number of hydrogen-bond donors (Lipinski definition) is 0. The molecule has 1 aliphatic heterocycles. The summed E-state index contributed by atoms with van der Waals surface area (Å²) in [7, 11) is 2.61. The van der Waals surface area contributed by atoms with E-state index in [2.05, 4.69) is 24.7 Å². The van der Waals surface area contributed by atoms with Gasteiger partial charge in [0.1, 0.15) is 0 Å². The van der Waals surface area contributed by atoms with E-state index in [4.69, 9.17) is 0 Å². The van der Waals surface area contributed by atoms with Crippen LogP contribution in [0.25, 0.3) is 0 Å². The van der Waals surface area contributed by atoms with Gasteiger partial charge in [-0.1, -0.05) is 12.8 Å². The molecule has 0 aromatic rings. The normalized spacial score (nSPS) is 38.9. The Kier molecular flexibility index (Phi) is 2.30. The van der Waals surface area contributed by atoms with Crippen molar-refractivity contribution in [1.29, 1.82) is 0 Å². The van der Waals surface area contributed by atoms with E-state index in [1.807, 2.05) is 0 Å². The van der Waals surface area contributed by atoms with Crippen LogP contribution in [0.2, 0.25) is 0 Å². The summed E-state index contributed by atoms with van der Waals surface area (Å²) in [6.07, 6.45) is 0. The van der Waals surface area contributed by atoms with Crippen LogP contribution in [0.1, 0.15) is 6.92 Å². The topological polar surface area (TPSA) is 3.24 Å². The Labute approximate surface area is 60.0 Å². The molecule has 0 saturated carbocycles. The van der Waals surface area contributed by atoms with Gasteiger partial charge in [-0.3, -0.25) is 4.90 Å². The molecule has 1 rings (SSSR count). The smallest absolute Gasteiger partial charge is 0.0387 e. The highest BCUT2D eigenvalue weighted by molar-refractivity contribution is 8.14. The largest absolute Gasteiger partial charge is 0.297 e. The number of hydrogen-bond acceptors (Lipinski definition) is 1. The van der Waals surface area contributed by atoms with Crippen LogP contribution in [0.15, 0.2) is 0 Å². The summed E-state index contributed by atoms with van der Waals surface area (Å²) in [5.41, 5.74) is 0. The van der Waals surface area contributed by atoms with Crippen molar-refractivity contribution in [3.63, 3.8) is 0 Å². The molecule has 0 amide bonds. The van der Waals surface area contributed by atoms with Crippen LogP contribution >= 0.6 is 10.5 Å². The van der Waals surface area contributed by atoms with E-state index in [0.29, 0.717) is 10.5 Å². The molecular weight excluding hydrogens is 130 g/mol. The predicted octanol–water partition coefficient (Wildman–Crippen LogP) is 1.23. The maximum Gasteiger partial charge on any atom is 0.0387 e. The second kappa shape index (κ2) is 2.84. The molecule has 0 aromatic carbocycles. The summed E-state index contributed by atoms with van der Waals surface area (Å²) in [6, 6.07) is 0. The lowest BCUT2D eigenvalue weighted by molar-refractivity contribution is 0.331. The molecule has 0 aliphatic carbocycles. The van der Waals surface area contributed by atoms with E-state index in [1.165, 1.54) is 18.2 Å². The van der Waals surface area contributed by atoms with Crippen molar-refractivity contribution in [2.45, 2.75) is 6.92 Å². The van der Waals surface area contributed by atoms with Gasteiger partial charge >= 0.3 is 0 Å². The fraction of sp³-hybridized carbons (Fsp3) is 0.857. The SMILES string of the molecule is C=S1CC(C)CN(C)C1. The minimum absolute atomic E-state index is 0.426. The summed E-state index contributed by atoms with van der Waals surface area (Å²) >= 11 is 0. The zero-order chi connectivity index (χ0) is 6.85. The van der Waals surface area contributed by atoms with Gasteiger partial charge in [0, 0.05) is 12.4 Å². The van der Waals surface area contributed by atoms with Crippen molar-refractivity contribution in [3.05, 3.63) is 0 Å². The molecule has 0 radical (unpaired) electrons. The Morgan fingerprint density at radius 3 is 2.78 bits per heavy atom. The van der Waals surface area contributed by atoms with Gasteiger partial charge in [0.15, 0.2) is 0 Å². The van der Waals surface area contributed by atoms with Gasteiger partial charge in [-0.05, 0) is 18.7 Å². The Morgan fingerprint density at radius 1 is 1.67 bits per heavy atom. The lowest BCUT2D eigenvalue weighted by Gasteiger charge is -2.29. The summed E-state index contributed by atoms with van der Waals surface area (Å²) in [5, 5.41) is 0. The minimum Gasteiger partial charge on any atom is -0.297 e. The fourth-order valence-corrected chi connectivity index (χ4v) is 3.15. The molecule has 1 fully saturated rings. The summed E-state index contributed by atoms with van der Waals surface area (Å²) in [6.45, 7) is 3.57. The first-order valence-corrected chi connectivity index (χ1v) is 5.07. The summed E-state index contributed by atoms with van der Waals surface area (Å²) < 4.78 is 0. The Morgan fingerprint density at radius 2 is 2.33 bits per heavy atom. The molecule has 54 valence electrons. The van der Waals surface area contributed by atoms with Gasteiger partial charge in [-0.15, -0.1) is 0 Å². The van der Waals surface area contributed by atoms with Crippen molar-refractivity contribution < 1.29 is 0 Å². The van der Waals surface area contributed by atoms with Gasteiger partial charge in [-0.2, -0.15) is 10.5 Å². The lowest BCUT2D eigenvalue weighted by atomic mass is 10.2. The van der Waals surface area contributed by atoms with E-state index in [9.17, 15) is 0 Å². The number of nitrogens with zero attached hydrogens (tertiary/aromatic N) is 1. The minimum atomic E-state index is 0.426. The highest BCUT2D eigenvalue weighted by Crippen LogP contribution is 2.21. The first kappa shape index (κ1) is 7.29. The first-order valence-electron chi connectivity index (χ1n) is 3.34. The second-order valence-corrected chi connectivity index (χ2v) is 4.87. The van der Waals surface area contributed by atoms with Crippen molar-refractivity contribution in [1.82, 2.24) is 4.90 Å². The Balaban J connectivity index is 2.43. The van der Waals surface area contributed by atoms with E-state index < -0.39 is 0 Å². The first-order chi connectivity index (χ1) is 4.18. The van der Waals surface area contributed by atoms with Gasteiger partial charge in [-0.25, -0.2) is 0 Å². The van der Waals surface area contributed by atoms with Gasteiger partial charge < -0.3 is 0 Å². The van der Waals surface area contributed by atoms with Crippen LogP contribution in [-0.2, 0) is 0 Å². The molecule has 0 spiro atoms. The quantitative estimate of drug-likeness (QED) is 0.463. The molecule has 0 aromatic heterocycles. The molecule has 0 N–H and O–H groups in total. The molecule has 1 nitrogen and oxygen atoms in total. The summed E-state index contributed by atoms with van der Waals surface area (Å²) in [5.74, 6) is 7.50. The van der Waals surface area contributed by atoms with Crippen LogP contribution in [0.3, 0.4) is 0 Å². The lowest BCUT2D eigenvalue weighted by Crippen LogP contribution is -2.31. The maximum atomic E-state index is 4.08. The van der Waals surface area contributed by atoms with Crippen LogP contribution < -0.4 is 0 Å². The molecule has 0 bridgehead atoms. The maximum absolute atomic E-state index is 4.08. The average molecular weight is 145 g/mol. The monoisotopic (exact) mass is 145 g/mol. The van der Waals surface area contributed by atoms with Crippen molar-refractivity contribution in [2.75, 3.05) is 25.2 Å². The highest BCUT2D eigenvalue weighted by Gasteiger charge is 2.13. The molecule has 2 atom stereocenters. The van der Waals surface area contributed by atoms with E-state index in [-0.39, 0.29) is 0 Å². The Hall–Kier alpha value is 0.180. The van der Waals surface area contributed by atoms with Crippen molar-refractivity contribution in [2.24, 2.45) is 5.92 Å². The molecular formula is C7H15NS. The van der Waals surface area contributed by atoms with Crippen molar-refractivity contribution in [3.8, 4) is 0 Å². The van der Waals surface area contributed by atoms with Crippen LogP contribution in [0.4, 0.5) is 0 Å². The van der Waals surface area contributed by atoms with Crippen LogP contribution in [0, 0.1) is 5.92 Å². The van der Waals surface area contributed by atoms with Crippen molar-refractivity contribution >= 4 is 16.4 Å². The highest BCUT2D eigenvalue weighted by atomic mass is 32.2.